The highest BCUT2D eigenvalue weighted by molar-refractivity contribution is 7.17. The molecule has 27 heavy (non-hydrogen) atoms. The lowest BCUT2D eigenvalue weighted by Crippen LogP contribution is -2.22. The molecule has 0 fully saturated rings. The van der Waals surface area contributed by atoms with Crippen molar-refractivity contribution in [1.29, 1.82) is 0 Å². The average Bonchev–Trinajstić information content (AvgIpc) is 3.27. The minimum atomic E-state index is -0.649. The van der Waals surface area contributed by atoms with Gasteiger partial charge < -0.3 is 15.8 Å². The summed E-state index contributed by atoms with van der Waals surface area (Å²) in [4.78, 5) is 44.3. The molecule has 0 aromatic carbocycles. The van der Waals surface area contributed by atoms with Gasteiger partial charge in [0.2, 0.25) is 0 Å². The van der Waals surface area contributed by atoms with E-state index in [1.54, 1.807) is 30.6 Å². The number of pyridine rings is 1. The van der Waals surface area contributed by atoms with Crippen LogP contribution in [0.3, 0.4) is 0 Å². The summed E-state index contributed by atoms with van der Waals surface area (Å²) >= 11 is 2.30. The fourth-order valence-corrected chi connectivity index (χ4v) is 3.89. The molecule has 3 rings (SSSR count). The van der Waals surface area contributed by atoms with Gasteiger partial charge >= 0.3 is 5.97 Å². The van der Waals surface area contributed by atoms with Gasteiger partial charge in [0, 0.05) is 6.20 Å². The first-order valence-electron chi connectivity index (χ1n) is 7.69. The number of aryl methyl sites for hydroxylation is 1. The fourth-order valence-electron chi connectivity index (χ4n) is 2.14. The summed E-state index contributed by atoms with van der Waals surface area (Å²) in [7, 11) is 0. The van der Waals surface area contributed by atoms with Crippen molar-refractivity contribution in [3.8, 4) is 10.7 Å². The summed E-state index contributed by atoms with van der Waals surface area (Å²) in [5.74, 6) is -1.87. The Morgan fingerprint density at radius 1 is 1.26 bits per heavy atom. The number of thiazole rings is 1. The highest BCUT2D eigenvalue weighted by Crippen LogP contribution is 2.27. The number of nitrogens with one attached hydrogen (secondary N) is 1. The van der Waals surface area contributed by atoms with Crippen LogP contribution in [0.15, 0.2) is 35.8 Å². The van der Waals surface area contributed by atoms with Crippen LogP contribution in [0, 0.1) is 6.92 Å². The minimum Gasteiger partial charge on any atom is -0.451 e. The second-order valence-electron chi connectivity index (χ2n) is 5.30. The summed E-state index contributed by atoms with van der Waals surface area (Å²) in [5.41, 5.74) is 6.58. The molecular weight excluding hydrogens is 388 g/mol. The number of hydrogen-bond donors (Lipinski definition) is 2. The number of aromatic nitrogens is 2. The molecule has 10 heteroatoms. The Kier molecular flexibility index (Phi) is 5.57. The topological polar surface area (TPSA) is 124 Å². The molecule has 3 aromatic heterocycles. The van der Waals surface area contributed by atoms with Crippen LogP contribution < -0.4 is 11.1 Å². The molecule has 8 nitrogen and oxygen atoms in total. The van der Waals surface area contributed by atoms with Gasteiger partial charge in [-0.25, -0.2) is 9.78 Å². The lowest BCUT2D eigenvalue weighted by Gasteiger charge is -2.05. The van der Waals surface area contributed by atoms with Crippen molar-refractivity contribution >= 4 is 45.5 Å². The maximum absolute atomic E-state index is 12.3. The number of esters is 1. The van der Waals surface area contributed by atoms with E-state index in [2.05, 4.69) is 15.3 Å². The van der Waals surface area contributed by atoms with Crippen molar-refractivity contribution in [2.24, 2.45) is 5.73 Å². The van der Waals surface area contributed by atoms with Crippen molar-refractivity contribution in [3.63, 3.8) is 0 Å². The highest BCUT2D eigenvalue weighted by Gasteiger charge is 2.20. The summed E-state index contributed by atoms with van der Waals surface area (Å²) in [6.07, 6.45) is 1.64. The number of amides is 2. The third kappa shape index (κ3) is 4.36. The molecule has 0 bridgehead atoms. The summed E-state index contributed by atoms with van der Waals surface area (Å²) in [6, 6.07) is 6.91. The van der Waals surface area contributed by atoms with Crippen molar-refractivity contribution in [3.05, 3.63) is 52.0 Å². The summed E-state index contributed by atoms with van der Waals surface area (Å²) in [6.45, 7) is 1.19. The van der Waals surface area contributed by atoms with Crippen molar-refractivity contribution in [1.82, 2.24) is 9.97 Å². The van der Waals surface area contributed by atoms with Crippen LogP contribution in [-0.2, 0) is 9.53 Å². The molecule has 2 amide bonds. The maximum atomic E-state index is 12.3. The SMILES string of the molecule is Cc1nc(-c2ccccn2)sc1C(=O)OCC(=O)Nc1sccc1C(N)=O. The van der Waals surface area contributed by atoms with Gasteiger partial charge in [-0.05, 0) is 30.5 Å². The monoisotopic (exact) mass is 402 g/mol. The first-order chi connectivity index (χ1) is 13.0. The standard InChI is InChI=1S/C17H14N4O4S2/c1-9-13(27-16(20-9)11-4-2-3-6-19-11)17(24)25-8-12(22)21-15-10(14(18)23)5-7-26-15/h2-7H,8H2,1H3,(H2,18,23)(H,21,22). The van der Waals surface area contributed by atoms with E-state index in [9.17, 15) is 14.4 Å². The van der Waals surface area contributed by atoms with Crippen LogP contribution in [0.5, 0.6) is 0 Å². The Morgan fingerprint density at radius 2 is 2.07 bits per heavy atom. The molecule has 0 aliphatic rings. The van der Waals surface area contributed by atoms with E-state index in [1.807, 2.05) is 6.07 Å². The zero-order valence-corrected chi connectivity index (χ0v) is 15.7. The van der Waals surface area contributed by atoms with Crippen molar-refractivity contribution in [2.45, 2.75) is 6.92 Å². The van der Waals surface area contributed by atoms with Crippen molar-refractivity contribution < 1.29 is 19.1 Å². The van der Waals surface area contributed by atoms with E-state index in [0.717, 1.165) is 22.7 Å². The van der Waals surface area contributed by atoms with E-state index in [0.29, 0.717) is 26.3 Å². The quantitative estimate of drug-likeness (QED) is 0.610. The molecule has 0 aliphatic heterocycles. The molecule has 0 radical (unpaired) electrons. The van der Waals surface area contributed by atoms with Gasteiger partial charge in [0.15, 0.2) is 6.61 Å². The number of nitrogens with zero attached hydrogens (tertiary/aromatic N) is 2. The Balaban J connectivity index is 1.62. The van der Waals surface area contributed by atoms with E-state index < -0.39 is 24.4 Å². The molecule has 3 heterocycles. The van der Waals surface area contributed by atoms with Crippen LogP contribution in [0.2, 0.25) is 0 Å². The fraction of sp³-hybridized carbons (Fsp3) is 0.118. The largest absolute Gasteiger partial charge is 0.451 e. The van der Waals surface area contributed by atoms with Crippen LogP contribution in [0.25, 0.3) is 10.7 Å². The minimum absolute atomic E-state index is 0.206. The predicted molar refractivity (Wildman–Crippen MR) is 102 cm³/mol. The van der Waals surface area contributed by atoms with Crippen LogP contribution in [0.4, 0.5) is 5.00 Å². The molecular formula is C17H14N4O4S2. The van der Waals surface area contributed by atoms with Gasteiger partial charge in [0.05, 0.1) is 17.0 Å². The van der Waals surface area contributed by atoms with Crippen LogP contribution in [-0.4, -0.2) is 34.4 Å². The maximum Gasteiger partial charge on any atom is 0.350 e. The zero-order valence-electron chi connectivity index (χ0n) is 14.1. The molecule has 0 unspecified atom stereocenters. The number of carbonyl (C=O) groups excluding carboxylic acids is 3. The van der Waals surface area contributed by atoms with Gasteiger partial charge in [0.25, 0.3) is 11.8 Å². The first kappa shape index (κ1) is 18.7. The number of nitrogens with two attached hydrogens (primary N) is 1. The predicted octanol–water partition coefficient (Wildman–Crippen LogP) is 2.47. The van der Waals surface area contributed by atoms with Crippen LogP contribution >= 0.6 is 22.7 Å². The molecule has 0 atom stereocenters. The van der Waals surface area contributed by atoms with Gasteiger partial charge in [-0.3, -0.25) is 14.6 Å². The highest BCUT2D eigenvalue weighted by atomic mass is 32.1. The Bertz CT molecular complexity index is 998. The number of rotatable bonds is 6. The summed E-state index contributed by atoms with van der Waals surface area (Å²) < 4.78 is 5.06. The second kappa shape index (κ2) is 8.06. The van der Waals surface area contributed by atoms with Crippen molar-refractivity contribution in [2.75, 3.05) is 11.9 Å². The molecule has 0 saturated heterocycles. The molecule has 3 N–H and O–H groups in total. The van der Waals surface area contributed by atoms with E-state index in [4.69, 9.17) is 10.5 Å². The third-order valence-corrected chi connectivity index (χ3v) is 5.37. The van der Waals surface area contributed by atoms with Crippen LogP contribution in [0.1, 0.15) is 25.7 Å². The second-order valence-corrected chi connectivity index (χ2v) is 7.22. The number of thiophene rings is 1. The van der Waals surface area contributed by atoms with Gasteiger partial charge in [-0.15, -0.1) is 22.7 Å². The Morgan fingerprint density at radius 3 is 2.78 bits per heavy atom. The zero-order chi connectivity index (χ0) is 19.4. The smallest absolute Gasteiger partial charge is 0.350 e. The number of hydrogen-bond acceptors (Lipinski definition) is 8. The van der Waals surface area contributed by atoms with Gasteiger partial charge in [0.1, 0.15) is 14.9 Å². The molecule has 138 valence electrons. The number of anilines is 1. The Labute approximate surface area is 162 Å². The van der Waals surface area contributed by atoms with Gasteiger partial charge in [-0.1, -0.05) is 6.07 Å². The molecule has 3 aromatic rings. The first-order valence-corrected chi connectivity index (χ1v) is 9.38. The normalized spacial score (nSPS) is 10.4. The molecule has 0 saturated carbocycles. The average molecular weight is 402 g/mol. The molecule has 0 spiro atoms. The number of primary amides is 1. The number of ether oxygens (including phenoxy) is 1. The lowest BCUT2D eigenvalue weighted by molar-refractivity contribution is -0.119. The van der Waals surface area contributed by atoms with E-state index in [1.165, 1.54) is 6.07 Å². The van der Waals surface area contributed by atoms with E-state index >= 15 is 0 Å². The van der Waals surface area contributed by atoms with Gasteiger partial charge in [-0.2, -0.15) is 0 Å². The Hall–Kier alpha value is -3.11. The third-order valence-electron chi connectivity index (χ3n) is 3.38. The lowest BCUT2D eigenvalue weighted by atomic mass is 10.3. The molecule has 0 aliphatic carbocycles. The summed E-state index contributed by atoms with van der Waals surface area (Å²) in [5, 5.41) is 5.04. The number of carbonyl (C=O) groups is 3. The van der Waals surface area contributed by atoms with E-state index in [-0.39, 0.29) is 5.56 Å².